The van der Waals surface area contributed by atoms with Crippen molar-refractivity contribution >= 4 is 34.2 Å². The molecule has 5 nitrogen and oxygen atoms in total. The Morgan fingerprint density at radius 3 is 2.90 bits per heavy atom. The summed E-state index contributed by atoms with van der Waals surface area (Å²) in [6, 6.07) is 9.94. The summed E-state index contributed by atoms with van der Waals surface area (Å²) in [6.45, 7) is 0.607. The molecule has 102 valence electrons. The maximum atomic E-state index is 5.45. The van der Waals surface area contributed by atoms with Crippen molar-refractivity contribution in [3.8, 4) is 0 Å². The van der Waals surface area contributed by atoms with Gasteiger partial charge >= 0.3 is 0 Å². The highest BCUT2D eigenvalue weighted by molar-refractivity contribution is 7.71. The molecular formula is C15H11N5S. The molecule has 0 atom stereocenters. The second-order valence-electron chi connectivity index (χ2n) is 4.75. The molecule has 4 aromatic rings. The van der Waals surface area contributed by atoms with Crippen LogP contribution in [0.4, 0.5) is 0 Å². The van der Waals surface area contributed by atoms with Crippen molar-refractivity contribution in [3.05, 3.63) is 59.5 Å². The highest BCUT2D eigenvalue weighted by Crippen LogP contribution is 2.23. The van der Waals surface area contributed by atoms with Gasteiger partial charge in [0.15, 0.2) is 4.77 Å². The van der Waals surface area contributed by atoms with Crippen molar-refractivity contribution in [2.24, 2.45) is 0 Å². The van der Waals surface area contributed by atoms with Gasteiger partial charge in [-0.05, 0) is 24.4 Å². The van der Waals surface area contributed by atoms with E-state index < -0.39 is 0 Å². The van der Waals surface area contributed by atoms with Crippen LogP contribution in [0, 0.1) is 4.77 Å². The maximum absolute atomic E-state index is 5.45. The number of aromatic amines is 1. The van der Waals surface area contributed by atoms with E-state index in [4.69, 9.17) is 12.2 Å². The largest absolute Gasteiger partial charge is 0.329 e. The number of fused-ring (bicyclic) bond motifs is 3. The molecule has 0 unspecified atom stereocenters. The van der Waals surface area contributed by atoms with Gasteiger partial charge in [-0.25, -0.2) is 9.97 Å². The van der Waals surface area contributed by atoms with Crippen LogP contribution in [-0.2, 0) is 6.54 Å². The summed E-state index contributed by atoms with van der Waals surface area (Å²) in [4.78, 5) is 15.9. The zero-order valence-electron chi connectivity index (χ0n) is 11.0. The predicted octanol–water partition coefficient (Wildman–Crippen LogP) is 3.09. The smallest absolute Gasteiger partial charge is 0.178 e. The minimum atomic E-state index is 0.607. The molecular weight excluding hydrogens is 282 g/mol. The van der Waals surface area contributed by atoms with Gasteiger partial charge in [-0.2, -0.15) is 0 Å². The highest BCUT2D eigenvalue weighted by Gasteiger charge is 2.10. The number of nitrogens with one attached hydrogen (secondary N) is 1. The van der Waals surface area contributed by atoms with Crippen molar-refractivity contribution in [3.63, 3.8) is 0 Å². The first-order valence-corrected chi connectivity index (χ1v) is 6.95. The van der Waals surface area contributed by atoms with E-state index in [1.807, 2.05) is 30.5 Å². The summed E-state index contributed by atoms with van der Waals surface area (Å²) in [5.41, 5.74) is 3.87. The third kappa shape index (κ3) is 2.00. The Kier molecular flexibility index (Phi) is 2.75. The lowest BCUT2D eigenvalue weighted by Gasteiger charge is -2.06. The first-order chi connectivity index (χ1) is 10.3. The number of pyridine rings is 1. The Balaban J connectivity index is 2.01. The van der Waals surface area contributed by atoms with E-state index in [1.165, 1.54) is 0 Å². The van der Waals surface area contributed by atoms with Crippen LogP contribution < -0.4 is 0 Å². The summed E-state index contributed by atoms with van der Waals surface area (Å²) in [5.74, 6) is 0. The normalized spacial score (nSPS) is 11.2. The van der Waals surface area contributed by atoms with E-state index in [0.717, 1.165) is 27.6 Å². The number of nitrogens with zero attached hydrogens (tertiary/aromatic N) is 4. The van der Waals surface area contributed by atoms with Crippen LogP contribution >= 0.6 is 12.2 Å². The van der Waals surface area contributed by atoms with Crippen molar-refractivity contribution in [2.75, 3.05) is 0 Å². The molecule has 0 amide bonds. The first-order valence-electron chi connectivity index (χ1n) is 6.54. The molecule has 3 aromatic heterocycles. The zero-order chi connectivity index (χ0) is 14.2. The summed E-state index contributed by atoms with van der Waals surface area (Å²) in [5, 5.41) is 1.08. The Morgan fingerprint density at radius 1 is 1.14 bits per heavy atom. The number of H-pyrrole nitrogens is 1. The maximum Gasteiger partial charge on any atom is 0.178 e. The number of hydrogen-bond acceptors (Lipinski definition) is 4. The molecule has 0 aliphatic heterocycles. The van der Waals surface area contributed by atoms with E-state index in [2.05, 4.69) is 30.6 Å². The molecule has 1 aromatic carbocycles. The number of rotatable bonds is 2. The average molecular weight is 293 g/mol. The van der Waals surface area contributed by atoms with Gasteiger partial charge < -0.3 is 9.55 Å². The minimum absolute atomic E-state index is 0.607. The second-order valence-corrected chi connectivity index (χ2v) is 5.14. The standard InChI is InChI=1S/C15H11N5S/c21-15-19-13-7-17-12-4-2-1-3-11(12)14(13)20(15)8-10-5-6-16-9-18-10/h1-7,9H,8H2,(H,19,21). The highest BCUT2D eigenvalue weighted by atomic mass is 32.1. The van der Waals surface area contributed by atoms with E-state index in [1.54, 1.807) is 12.5 Å². The molecule has 0 fully saturated rings. The minimum Gasteiger partial charge on any atom is -0.329 e. The molecule has 6 heteroatoms. The lowest BCUT2D eigenvalue weighted by Crippen LogP contribution is -2.02. The van der Waals surface area contributed by atoms with E-state index in [9.17, 15) is 0 Å². The summed E-state index contributed by atoms with van der Waals surface area (Å²) >= 11 is 5.45. The van der Waals surface area contributed by atoms with Crippen molar-refractivity contribution in [1.29, 1.82) is 0 Å². The van der Waals surface area contributed by atoms with Crippen LogP contribution in [0.25, 0.3) is 21.9 Å². The molecule has 0 aliphatic carbocycles. The van der Waals surface area contributed by atoms with Gasteiger partial charge in [0, 0.05) is 11.6 Å². The molecule has 21 heavy (non-hydrogen) atoms. The molecule has 0 saturated carbocycles. The lowest BCUT2D eigenvalue weighted by molar-refractivity contribution is 0.782. The molecule has 0 bridgehead atoms. The third-order valence-corrected chi connectivity index (χ3v) is 3.79. The van der Waals surface area contributed by atoms with Gasteiger partial charge in [0.25, 0.3) is 0 Å². The number of para-hydroxylation sites is 1. The van der Waals surface area contributed by atoms with Crippen LogP contribution in [-0.4, -0.2) is 24.5 Å². The molecule has 0 spiro atoms. The first kappa shape index (κ1) is 12.2. The fourth-order valence-corrected chi connectivity index (χ4v) is 2.78. The molecule has 0 aliphatic rings. The van der Waals surface area contributed by atoms with Gasteiger partial charge in [-0.1, -0.05) is 18.2 Å². The number of benzene rings is 1. The topological polar surface area (TPSA) is 59.4 Å². The quantitative estimate of drug-likeness (QED) is 0.577. The molecule has 0 radical (unpaired) electrons. The van der Waals surface area contributed by atoms with Crippen LogP contribution in [0.3, 0.4) is 0 Å². The Bertz CT molecular complexity index is 987. The summed E-state index contributed by atoms with van der Waals surface area (Å²) in [7, 11) is 0. The molecule has 3 heterocycles. The fraction of sp³-hybridized carbons (Fsp3) is 0.0667. The number of aromatic nitrogens is 5. The molecule has 4 rings (SSSR count). The van der Waals surface area contributed by atoms with Crippen molar-refractivity contribution in [2.45, 2.75) is 6.54 Å². The predicted molar refractivity (Wildman–Crippen MR) is 83.6 cm³/mol. The van der Waals surface area contributed by atoms with Crippen molar-refractivity contribution < 1.29 is 0 Å². The number of hydrogen-bond donors (Lipinski definition) is 1. The van der Waals surface area contributed by atoms with Crippen LogP contribution in [0.2, 0.25) is 0 Å². The van der Waals surface area contributed by atoms with Crippen LogP contribution in [0.15, 0.2) is 49.1 Å². The van der Waals surface area contributed by atoms with Gasteiger partial charge in [-0.15, -0.1) is 0 Å². The monoisotopic (exact) mass is 293 g/mol. The Labute approximate surface area is 125 Å². The average Bonchev–Trinajstić information content (AvgIpc) is 2.85. The molecule has 0 saturated heterocycles. The van der Waals surface area contributed by atoms with Crippen LogP contribution in [0.5, 0.6) is 0 Å². The van der Waals surface area contributed by atoms with E-state index in [0.29, 0.717) is 11.3 Å². The van der Waals surface area contributed by atoms with Gasteiger partial charge in [0.1, 0.15) is 6.33 Å². The zero-order valence-corrected chi connectivity index (χ0v) is 11.8. The SMILES string of the molecule is S=c1[nH]c2cnc3ccccc3c2n1Cc1ccncn1. The summed E-state index contributed by atoms with van der Waals surface area (Å²) < 4.78 is 2.72. The van der Waals surface area contributed by atoms with E-state index in [-0.39, 0.29) is 0 Å². The van der Waals surface area contributed by atoms with Gasteiger partial charge in [0.2, 0.25) is 0 Å². The van der Waals surface area contributed by atoms with Crippen LogP contribution in [0.1, 0.15) is 5.69 Å². The van der Waals surface area contributed by atoms with E-state index >= 15 is 0 Å². The number of imidazole rings is 1. The molecule has 1 N–H and O–H groups in total. The summed E-state index contributed by atoms with van der Waals surface area (Å²) in [6.07, 6.45) is 5.11. The Morgan fingerprint density at radius 2 is 2.05 bits per heavy atom. The second kappa shape index (κ2) is 4.75. The van der Waals surface area contributed by atoms with Gasteiger partial charge in [0.05, 0.1) is 35.0 Å². The Hall–Kier alpha value is -2.60. The fourth-order valence-electron chi connectivity index (χ4n) is 2.52. The van der Waals surface area contributed by atoms with Crippen molar-refractivity contribution in [1.82, 2.24) is 24.5 Å². The van der Waals surface area contributed by atoms with Gasteiger partial charge in [-0.3, -0.25) is 4.98 Å². The third-order valence-electron chi connectivity index (χ3n) is 3.47. The lowest BCUT2D eigenvalue weighted by atomic mass is 10.2.